The van der Waals surface area contributed by atoms with Crippen LogP contribution >= 0.6 is 0 Å². The first kappa shape index (κ1) is 59.1. The maximum atomic E-state index is 13.1. The second kappa shape index (κ2) is 25.3. The van der Waals surface area contributed by atoms with Gasteiger partial charge in [0.2, 0.25) is 11.8 Å². The van der Waals surface area contributed by atoms with E-state index in [-0.39, 0.29) is 0 Å². The number of ether oxygens (including phenoxy) is 11. The fourth-order valence-corrected chi connectivity index (χ4v) is 9.26. The molecule has 0 spiro atoms. The van der Waals surface area contributed by atoms with Gasteiger partial charge in [0.15, 0.2) is 37.7 Å². The van der Waals surface area contributed by atoms with Gasteiger partial charge in [-0.1, -0.05) is 0 Å². The fraction of sp³-hybridized carbons (Fsp3) is 0.950. The van der Waals surface area contributed by atoms with Crippen LogP contribution in [0.3, 0.4) is 0 Å². The SMILES string of the molecule is CC(=O)N[C@H]1[C@@H](O[C@H]2[C@@H](O)[C@@H](CO)O[C@@H](O[C@H]3[C@H](O[C@@H]4O[C@@H](C)[C@@H](O)[C@@H](O)[C@@H]4O)[C@@H](NC(C)=O)[C@H](O[C@H]4[C@@H](O)[C@@H](CO)O[C@@H](O[C@H]5[C@H](O)[C@@H](O)C(O)O[C@@H]5CO)[C@@H]4O)O[C@@H]3CO)[C@@H]2O)O[C@H](CO)[C@H](O)[C@@H]1O. The third-order valence-corrected chi connectivity index (χ3v) is 13.2. The van der Waals surface area contributed by atoms with Crippen molar-refractivity contribution < 1.29 is 149 Å². The Kier molecular flexibility index (Phi) is 20.8. The Balaban J connectivity index is 1.35. The Morgan fingerprint density at radius 1 is 0.361 bits per heavy atom. The van der Waals surface area contributed by atoms with E-state index in [1.165, 1.54) is 6.92 Å². The van der Waals surface area contributed by atoms with Gasteiger partial charge in [0.25, 0.3) is 0 Å². The molecule has 0 aromatic heterocycles. The molecule has 0 saturated carbocycles. The largest absolute Gasteiger partial charge is 0.394 e. The van der Waals surface area contributed by atoms with Crippen LogP contribution in [0.25, 0.3) is 0 Å². The second-order valence-corrected chi connectivity index (χ2v) is 18.2. The molecule has 0 aliphatic carbocycles. The van der Waals surface area contributed by atoms with Crippen LogP contribution in [-0.2, 0) is 61.7 Å². The Morgan fingerprint density at radius 2 is 0.750 bits per heavy atom. The lowest BCUT2D eigenvalue weighted by Gasteiger charge is -2.52. The molecule has 418 valence electrons. The number of hydrogen-bond acceptors (Lipinski definition) is 30. The number of rotatable bonds is 17. The zero-order valence-corrected chi connectivity index (χ0v) is 38.8. The Bertz CT molecular complexity index is 1730. The molecule has 32 nitrogen and oxygen atoms in total. The predicted molar refractivity (Wildman–Crippen MR) is 221 cm³/mol. The van der Waals surface area contributed by atoms with Crippen LogP contribution in [0.1, 0.15) is 20.8 Å². The van der Waals surface area contributed by atoms with Crippen molar-refractivity contribution >= 4 is 11.8 Å². The molecule has 6 aliphatic heterocycles. The molecule has 30 atom stereocenters. The van der Waals surface area contributed by atoms with Gasteiger partial charge in [0, 0.05) is 13.8 Å². The van der Waals surface area contributed by atoms with Gasteiger partial charge in [-0.2, -0.15) is 0 Å². The lowest BCUT2D eigenvalue weighted by Crippen LogP contribution is -2.71. The molecule has 1 unspecified atom stereocenters. The van der Waals surface area contributed by atoms with Gasteiger partial charge in [-0.05, 0) is 6.92 Å². The van der Waals surface area contributed by atoms with Gasteiger partial charge in [0.05, 0.1) is 39.1 Å². The minimum absolute atomic E-state index is 0.763. The van der Waals surface area contributed by atoms with Crippen LogP contribution in [-0.4, -0.2) is 316 Å². The van der Waals surface area contributed by atoms with Crippen LogP contribution in [0, 0.1) is 0 Å². The van der Waals surface area contributed by atoms with E-state index in [0.29, 0.717) is 0 Å². The van der Waals surface area contributed by atoms with Gasteiger partial charge >= 0.3 is 0 Å². The smallest absolute Gasteiger partial charge is 0.217 e. The molecular weight excluding hydrogens is 988 g/mol. The van der Waals surface area contributed by atoms with Crippen molar-refractivity contribution in [1.29, 1.82) is 0 Å². The van der Waals surface area contributed by atoms with Crippen molar-refractivity contribution in [3.05, 3.63) is 0 Å². The molecule has 6 rings (SSSR count). The Morgan fingerprint density at radius 3 is 1.25 bits per heavy atom. The summed E-state index contributed by atoms with van der Waals surface area (Å²) in [6.07, 6.45) is -53.0. The van der Waals surface area contributed by atoms with Crippen molar-refractivity contribution in [2.75, 3.05) is 33.0 Å². The van der Waals surface area contributed by atoms with Gasteiger partial charge in [-0.15, -0.1) is 0 Å². The molecule has 32 heteroatoms. The van der Waals surface area contributed by atoms with Gasteiger partial charge in [0.1, 0.15) is 140 Å². The summed E-state index contributed by atoms with van der Waals surface area (Å²) in [6.45, 7) is -1.62. The van der Waals surface area contributed by atoms with E-state index in [0.717, 1.165) is 13.8 Å². The zero-order valence-electron chi connectivity index (χ0n) is 38.8. The average molecular weight is 1060 g/mol. The van der Waals surface area contributed by atoms with Crippen molar-refractivity contribution in [2.24, 2.45) is 0 Å². The number of nitrogens with one attached hydrogen (secondary N) is 2. The van der Waals surface area contributed by atoms with Gasteiger partial charge in [-0.25, -0.2) is 0 Å². The summed E-state index contributed by atoms with van der Waals surface area (Å²) in [5.74, 6) is -1.66. The molecule has 2 amide bonds. The highest BCUT2D eigenvalue weighted by atomic mass is 16.8. The highest BCUT2D eigenvalue weighted by Crippen LogP contribution is 2.38. The summed E-state index contributed by atoms with van der Waals surface area (Å²) in [5.41, 5.74) is 0. The maximum absolute atomic E-state index is 13.1. The van der Waals surface area contributed by atoms with Crippen LogP contribution in [0.5, 0.6) is 0 Å². The normalized spacial score (nSPS) is 50.3. The van der Waals surface area contributed by atoms with E-state index in [1.807, 2.05) is 0 Å². The number of aliphatic hydroxyl groups excluding tert-OH is 17. The summed E-state index contributed by atoms with van der Waals surface area (Å²) in [4.78, 5) is 25.2. The summed E-state index contributed by atoms with van der Waals surface area (Å²) in [7, 11) is 0. The topological polar surface area (TPSA) is 504 Å². The third kappa shape index (κ3) is 12.5. The number of carbonyl (C=O) groups excluding carboxylic acids is 2. The summed E-state index contributed by atoms with van der Waals surface area (Å²) in [6, 6.07) is -3.46. The van der Waals surface area contributed by atoms with E-state index < -0.39 is 229 Å². The summed E-state index contributed by atoms with van der Waals surface area (Å²) >= 11 is 0. The minimum Gasteiger partial charge on any atom is -0.394 e. The zero-order chi connectivity index (χ0) is 53.2. The summed E-state index contributed by atoms with van der Waals surface area (Å²) < 4.78 is 63.9. The average Bonchev–Trinajstić information content (AvgIpc) is 3.34. The molecule has 6 saturated heterocycles. The van der Waals surface area contributed by atoms with Crippen molar-refractivity contribution in [3.8, 4) is 0 Å². The molecular formula is C40H68N2O30. The van der Waals surface area contributed by atoms with Gasteiger partial charge < -0.3 is 150 Å². The number of amides is 2. The van der Waals surface area contributed by atoms with Crippen LogP contribution in [0.2, 0.25) is 0 Å². The van der Waals surface area contributed by atoms with Crippen LogP contribution in [0.4, 0.5) is 0 Å². The summed E-state index contributed by atoms with van der Waals surface area (Å²) in [5, 5.41) is 187. The highest BCUT2D eigenvalue weighted by Gasteiger charge is 2.59. The predicted octanol–water partition coefficient (Wildman–Crippen LogP) is -12.8. The molecule has 6 heterocycles. The molecule has 0 aromatic carbocycles. The number of aliphatic hydroxyl groups is 17. The standard InChI is InChI=1S/C40H68N2O30/c1-9-19(50)24(55)27(58)38(62-9)70-32-18(42-11(3)49)37(72-34-22(53)13(5-44)65-39(28(34)59)68-30-15(7-46)63-35(61)26(57)25(30)56)67-16(8-47)31(32)69-40-29(60)33(21(52)14(6-45)66-40)71-36-17(41-10(2)48)23(54)20(51)12(4-43)64-36/h9,12-40,43-47,50-61H,4-8H2,1-3H3,(H,41,48)(H,42,49)/t9-,12+,13+,14+,15+,16+,17+,18+,19+,20-,21-,22-,23+,24+,25+,26+,27-,28+,29+,30+,31+,32+,33-,34-,35?,36+,37-,38-,39-,40-/m0/s1. The first-order chi connectivity index (χ1) is 34.0. The number of carbonyl (C=O) groups is 2. The first-order valence-electron chi connectivity index (χ1n) is 23.0. The molecule has 72 heavy (non-hydrogen) atoms. The quantitative estimate of drug-likeness (QED) is 0.0643. The molecule has 6 aliphatic rings. The van der Waals surface area contributed by atoms with Gasteiger partial charge in [-0.3, -0.25) is 9.59 Å². The van der Waals surface area contributed by atoms with E-state index in [4.69, 9.17) is 52.1 Å². The van der Waals surface area contributed by atoms with E-state index in [9.17, 15) is 96.4 Å². The third-order valence-electron chi connectivity index (χ3n) is 13.2. The molecule has 0 bridgehead atoms. The van der Waals surface area contributed by atoms with Crippen LogP contribution in [0.15, 0.2) is 0 Å². The van der Waals surface area contributed by atoms with Crippen LogP contribution < -0.4 is 10.6 Å². The van der Waals surface area contributed by atoms with E-state index in [2.05, 4.69) is 10.6 Å². The lowest BCUT2D eigenvalue weighted by atomic mass is 9.93. The van der Waals surface area contributed by atoms with E-state index >= 15 is 0 Å². The molecule has 19 N–H and O–H groups in total. The van der Waals surface area contributed by atoms with Crippen molar-refractivity contribution in [2.45, 2.75) is 205 Å². The fourth-order valence-electron chi connectivity index (χ4n) is 9.26. The highest BCUT2D eigenvalue weighted by molar-refractivity contribution is 5.73. The maximum Gasteiger partial charge on any atom is 0.217 e. The Hall–Kier alpha value is -2.18. The Labute approximate surface area is 408 Å². The minimum atomic E-state index is -2.22. The number of hydrogen-bond donors (Lipinski definition) is 19. The first-order valence-corrected chi connectivity index (χ1v) is 23.0. The molecule has 6 fully saturated rings. The second-order valence-electron chi connectivity index (χ2n) is 18.2. The molecule has 0 radical (unpaired) electrons. The molecule has 0 aromatic rings. The lowest BCUT2D eigenvalue weighted by molar-refractivity contribution is -0.395. The van der Waals surface area contributed by atoms with Crippen molar-refractivity contribution in [3.63, 3.8) is 0 Å². The monoisotopic (exact) mass is 1060 g/mol. The van der Waals surface area contributed by atoms with Crippen molar-refractivity contribution in [1.82, 2.24) is 10.6 Å². The van der Waals surface area contributed by atoms with E-state index in [1.54, 1.807) is 0 Å².